The van der Waals surface area contributed by atoms with Gasteiger partial charge in [-0.15, -0.1) is 0 Å². The third-order valence-corrected chi connectivity index (χ3v) is 6.68. The average molecular weight is 441 g/mol. The third kappa shape index (κ3) is 4.23. The smallest absolute Gasteiger partial charge is 0.254 e. The minimum atomic E-state index is 0.0433. The van der Waals surface area contributed by atoms with Gasteiger partial charge in [0.2, 0.25) is 5.91 Å². The van der Waals surface area contributed by atoms with Crippen LogP contribution in [0.5, 0.6) is 0 Å². The first-order chi connectivity index (χ1) is 15.5. The molecule has 9 nitrogen and oxygen atoms in total. The number of carbonyl (C=O) groups excluding carboxylic acids is 2. The predicted molar refractivity (Wildman–Crippen MR) is 120 cm³/mol. The first kappa shape index (κ1) is 21.3. The number of aromatic nitrogens is 3. The summed E-state index contributed by atoms with van der Waals surface area (Å²) in [6.45, 7) is 9.79. The molecule has 2 saturated heterocycles. The number of hydrogen-bond acceptors (Lipinski definition) is 6. The lowest BCUT2D eigenvalue weighted by Crippen LogP contribution is -2.52. The summed E-state index contributed by atoms with van der Waals surface area (Å²) in [6, 6.07) is 2.17. The van der Waals surface area contributed by atoms with Gasteiger partial charge in [-0.25, -0.2) is 9.67 Å². The van der Waals surface area contributed by atoms with Crippen molar-refractivity contribution >= 4 is 22.8 Å². The van der Waals surface area contributed by atoms with Crippen molar-refractivity contribution in [1.29, 1.82) is 0 Å². The molecule has 0 radical (unpaired) electrons. The van der Waals surface area contributed by atoms with Crippen LogP contribution in [-0.4, -0.2) is 100 Å². The zero-order chi connectivity index (χ0) is 22.2. The number of morpholine rings is 1. The lowest BCUT2D eigenvalue weighted by Gasteiger charge is -2.36. The largest absolute Gasteiger partial charge is 0.378 e. The first-order valence-corrected chi connectivity index (χ1v) is 11.8. The van der Waals surface area contributed by atoms with E-state index >= 15 is 0 Å². The molecule has 2 aromatic heterocycles. The fourth-order valence-electron chi connectivity index (χ4n) is 4.56. The minimum absolute atomic E-state index is 0.0433. The fourth-order valence-corrected chi connectivity index (χ4v) is 4.56. The van der Waals surface area contributed by atoms with Crippen molar-refractivity contribution in [2.24, 2.45) is 0 Å². The van der Waals surface area contributed by atoms with Crippen molar-refractivity contribution in [2.75, 3.05) is 59.0 Å². The number of piperazine rings is 1. The maximum atomic E-state index is 13.5. The van der Waals surface area contributed by atoms with Crippen molar-refractivity contribution in [1.82, 2.24) is 29.5 Å². The van der Waals surface area contributed by atoms with Crippen LogP contribution < -0.4 is 0 Å². The van der Waals surface area contributed by atoms with Crippen LogP contribution in [0.2, 0.25) is 0 Å². The molecule has 9 heteroatoms. The Kier molecular flexibility index (Phi) is 5.86. The molecule has 2 aliphatic heterocycles. The van der Waals surface area contributed by atoms with Gasteiger partial charge in [0.25, 0.3) is 5.91 Å². The summed E-state index contributed by atoms with van der Waals surface area (Å²) in [4.78, 5) is 36.9. The van der Waals surface area contributed by atoms with E-state index in [4.69, 9.17) is 9.72 Å². The molecule has 0 unspecified atom stereocenters. The molecule has 4 heterocycles. The highest BCUT2D eigenvalue weighted by atomic mass is 16.5. The van der Waals surface area contributed by atoms with Crippen LogP contribution in [-0.2, 0) is 9.53 Å². The van der Waals surface area contributed by atoms with Gasteiger partial charge in [-0.05, 0) is 32.8 Å². The minimum Gasteiger partial charge on any atom is -0.378 e. The van der Waals surface area contributed by atoms with Crippen LogP contribution in [0.15, 0.2) is 12.3 Å². The quantitative estimate of drug-likeness (QED) is 0.701. The van der Waals surface area contributed by atoms with Crippen LogP contribution in [0.1, 0.15) is 54.7 Å². The molecule has 32 heavy (non-hydrogen) atoms. The van der Waals surface area contributed by atoms with Crippen molar-refractivity contribution in [3.8, 4) is 0 Å². The maximum Gasteiger partial charge on any atom is 0.254 e. The summed E-state index contributed by atoms with van der Waals surface area (Å²) >= 11 is 0. The maximum absolute atomic E-state index is 13.5. The fraction of sp³-hybridized carbons (Fsp3) is 0.652. The number of pyridine rings is 1. The second-order valence-corrected chi connectivity index (χ2v) is 9.35. The van der Waals surface area contributed by atoms with Crippen molar-refractivity contribution in [3.05, 3.63) is 23.5 Å². The predicted octanol–water partition coefficient (Wildman–Crippen LogP) is 1.51. The van der Waals surface area contributed by atoms with Crippen LogP contribution in [0.4, 0.5) is 0 Å². The van der Waals surface area contributed by atoms with Gasteiger partial charge in [-0.1, -0.05) is 0 Å². The summed E-state index contributed by atoms with van der Waals surface area (Å²) in [6.07, 6.45) is 4.05. The summed E-state index contributed by atoms with van der Waals surface area (Å²) in [7, 11) is 0. The molecule has 3 aliphatic rings. The van der Waals surface area contributed by atoms with E-state index in [2.05, 4.69) is 23.8 Å². The molecule has 0 N–H and O–H groups in total. The number of ether oxygens (including phenoxy) is 1. The molecule has 172 valence electrons. The van der Waals surface area contributed by atoms with E-state index in [-0.39, 0.29) is 17.9 Å². The molecular formula is C23H32N6O3. The van der Waals surface area contributed by atoms with Gasteiger partial charge in [0.15, 0.2) is 5.65 Å². The van der Waals surface area contributed by atoms with E-state index in [0.717, 1.165) is 29.6 Å². The average Bonchev–Trinajstić information content (AvgIpc) is 3.57. The number of fused-ring (bicyclic) bond motifs is 1. The number of nitrogens with zero attached hydrogens (tertiary/aromatic N) is 6. The molecule has 0 atom stereocenters. The van der Waals surface area contributed by atoms with Gasteiger partial charge in [0, 0.05) is 56.9 Å². The highest BCUT2D eigenvalue weighted by Gasteiger charge is 2.31. The SMILES string of the molecule is CC(C)n1ncc2c(C(=O)N3CCN(CC(=O)N4CCOCC4)CC3)cc(C3CC3)nc21. The summed E-state index contributed by atoms with van der Waals surface area (Å²) in [5.41, 5.74) is 2.53. The van der Waals surface area contributed by atoms with Crippen molar-refractivity contribution in [2.45, 2.75) is 38.6 Å². The van der Waals surface area contributed by atoms with Gasteiger partial charge >= 0.3 is 0 Å². The lowest BCUT2D eigenvalue weighted by atomic mass is 10.1. The van der Waals surface area contributed by atoms with Gasteiger partial charge < -0.3 is 14.5 Å². The second kappa shape index (κ2) is 8.78. The second-order valence-electron chi connectivity index (χ2n) is 9.35. The molecule has 0 aromatic carbocycles. The third-order valence-electron chi connectivity index (χ3n) is 6.68. The molecule has 1 aliphatic carbocycles. The Balaban J connectivity index is 1.28. The van der Waals surface area contributed by atoms with E-state index in [1.54, 1.807) is 6.20 Å². The molecule has 2 aromatic rings. The molecule has 0 spiro atoms. The summed E-state index contributed by atoms with van der Waals surface area (Å²) in [5, 5.41) is 5.35. The molecular weight excluding hydrogens is 408 g/mol. The van der Waals surface area contributed by atoms with Gasteiger partial charge in [-0.2, -0.15) is 5.10 Å². The van der Waals surface area contributed by atoms with E-state index in [0.29, 0.717) is 70.5 Å². The Morgan fingerprint density at radius 2 is 1.78 bits per heavy atom. The molecule has 1 saturated carbocycles. The van der Waals surface area contributed by atoms with Gasteiger partial charge in [0.05, 0.1) is 36.9 Å². The topological polar surface area (TPSA) is 83.8 Å². The van der Waals surface area contributed by atoms with Crippen LogP contribution in [0, 0.1) is 0 Å². The van der Waals surface area contributed by atoms with Crippen LogP contribution in [0.3, 0.4) is 0 Å². The Morgan fingerprint density at radius 1 is 1.06 bits per heavy atom. The van der Waals surface area contributed by atoms with Gasteiger partial charge in [-0.3, -0.25) is 14.5 Å². The monoisotopic (exact) mass is 440 g/mol. The molecule has 0 bridgehead atoms. The molecule has 3 fully saturated rings. The zero-order valence-corrected chi connectivity index (χ0v) is 19.0. The van der Waals surface area contributed by atoms with E-state index in [1.165, 1.54) is 0 Å². The van der Waals surface area contributed by atoms with Crippen LogP contribution >= 0.6 is 0 Å². The number of hydrogen-bond donors (Lipinski definition) is 0. The number of rotatable bonds is 5. The highest BCUT2D eigenvalue weighted by molar-refractivity contribution is 6.05. The normalized spacial score (nSPS) is 20.3. The van der Waals surface area contributed by atoms with Crippen molar-refractivity contribution in [3.63, 3.8) is 0 Å². The number of carbonyl (C=O) groups is 2. The van der Waals surface area contributed by atoms with Gasteiger partial charge in [0.1, 0.15) is 0 Å². The van der Waals surface area contributed by atoms with Crippen molar-refractivity contribution < 1.29 is 14.3 Å². The highest BCUT2D eigenvalue weighted by Crippen LogP contribution is 2.40. The van der Waals surface area contributed by atoms with E-state index in [1.807, 2.05) is 20.5 Å². The number of amides is 2. The Morgan fingerprint density at radius 3 is 2.44 bits per heavy atom. The zero-order valence-electron chi connectivity index (χ0n) is 19.0. The van der Waals surface area contributed by atoms with Crippen LogP contribution in [0.25, 0.3) is 11.0 Å². The Labute approximate surface area is 188 Å². The standard InChI is InChI=1S/C23H32N6O3/c1-16(2)29-22-19(14-24-29)18(13-20(25-22)17-3-4-17)23(31)28-7-5-26(6-8-28)15-21(30)27-9-11-32-12-10-27/h13-14,16-17H,3-12,15H2,1-2H3. The summed E-state index contributed by atoms with van der Waals surface area (Å²) < 4.78 is 7.24. The molecule has 5 rings (SSSR count). The Hall–Kier alpha value is -2.52. The van der Waals surface area contributed by atoms with E-state index < -0.39 is 0 Å². The lowest BCUT2D eigenvalue weighted by molar-refractivity contribution is -0.136. The summed E-state index contributed by atoms with van der Waals surface area (Å²) in [5.74, 6) is 0.658. The first-order valence-electron chi connectivity index (χ1n) is 11.8. The molecule has 2 amide bonds. The Bertz CT molecular complexity index is 1000. The van der Waals surface area contributed by atoms with E-state index in [9.17, 15) is 9.59 Å².